The molecule has 4 rings (SSSR count). The van der Waals surface area contributed by atoms with Crippen LogP contribution < -0.4 is 5.32 Å². The van der Waals surface area contributed by atoms with Crippen LogP contribution >= 0.6 is 0 Å². The van der Waals surface area contributed by atoms with Crippen LogP contribution in [0.3, 0.4) is 0 Å². The van der Waals surface area contributed by atoms with E-state index >= 15 is 0 Å². The average molecular weight is 339 g/mol. The molecule has 1 aliphatic heterocycles. The van der Waals surface area contributed by atoms with Gasteiger partial charge in [0.05, 0.1) is 5.69 Å². The van der Waals surface area contributed by atoms with Gasteiger partial charge in [0.1, 0.15) is 11.5 Å². The number of anilines is 1. The molecule has 1 amide bonds. The van der Waals surface area contributed by atoms with Gasteiger partial charge in [0.15, 0.2) is 5.65 Å². The first-order valence-electron chi connectivity index (χ1n) is 8.47. The second kappa shape index (κ2) is 6.19. The molecule has 0 bridgehead atoms. The molecule has 1 aliphatic rings. The molecule has 4 heterocycles. The van der Waals surface area contributed by atoms with Crippen LogP contribution in [0.5, 0.6) is 0 Å². The Kier molecular flexibility index (Phi) is 3.87. The molecule has 0 spiro atoms. The Bertz CT molecular complexity index is 905. The number of nitrogens with zero attached hydrogens (tertiary/aromatic N) is 6. The lowest BCUT2D eigenvalue weighted by atomic mass is 10.0. The largest absolute Gasteiger partial charge is 0.379 e. The number of hydrogen-bond donors (Lipinski definition) is 1. The summed E-state index contributed by atoms with van der Waals surface area (Å²) in [6, 6.07) is 6.07. The maximum atomic E-state index is 12.5. The summed E-state index contributed by atoms with van der Waals surface area (Å²) in [7, 11) is 1.79. The van der Waals surface area contributed by atoms with Crippen molar-refractivity contribution in [2.24, 2.45) is 7.05 Å². The molecular weight excluding hydrogens is 318 g/mol. The fourth-order valence-corrected chi connectivity index (χ4v) is 3.32. The number of amides is 1. The highest BCUT2D eigenvalue weighted by molar-refractivity contribution is 5.92. The SMILES string of the molecule is Cc1nc2c(NC3CCN(C(=O)c4ccnn4C)CC3)cccn2n1. The van der Waals surface area contributed by atoms with E-state index in [0.717, 1.165) is 43.1 Å². The van der Waals surface area contributed by atoms with Crippen molar-refractivity contribution in [2.75, 3.05) is 18.4 Å². The Morgan fingerprint density at radius 2 is 2.08 bits per heavy atom. The summed E-state index contributed by atoms with van der Waals surface area (Å²) in [5.74, 6) is 0.805. The fourth-order valence-electron chi connectivity index (χ4n) is 3.32. The number of pyridine rings is 1. The fraction of sp³-hybridized carbons (Fsp3) is 0.412. The highest BCUT2D eigenvalue weighted by Gasteiger charge is 2.25. The molecule has 3 aromatic rings. The van der Waals surface area contributed by atoms with Crippen molar-refractivity contribution < 1.29 is 4.79 Å². The molecule has 1 N–H and O–H groups in total. The molecule has 3 aromatic heterocycles. The maximum Gasteiger partial charge on any atom is 0.272 e. The molecule has 0 atom stereocenters. The second-order valence-electron chi connectivity index (χ2n) is 6.40. The third kappa shape index (κ3) is 2.95. The van der Waals surface area contributed by atoms with E-state index in [1.54, 1.807) is 28.5 Å². The van der Waals surface area contributed by atoms with Crippen LogP contribution in [0, 0.1) is 6.92 Å². The monoisotopic (exact) mass is 339 g/mol. The molecular formula is C17H21N7O. The molecule has 8 nitrogen and oxygen atoms in total. The number of fused-ring (bicyclic) bond motifs is 1. The van der Waals surface area contributed by atoms with Crippen LogP contribution in [0.1, 0.15) is 29.2 Å². The highest BCUT2D eigenvalue weighted by Crippen LogP contribution is 2.21. The first-order valence-corrected chi connectivity index (χ1v) is 8.47. The first kappa shape index (κ1) is 15.6. The van der Waals surface area contributed by atoms with E-state index in [-0.39, 0.29) is 5.91 Å². The Morgan fingerprint density at radius 1 is 1.28 bits per heavy atom. The van der Waals surface area contributed by atoms with Crippen molar-refractivity contribution in [3.63, 3.8) is 0 Å². The molecule has 0 unspecified atom stereocenters. The number of aryl methyl sites for hydroxylation is 2. The van der Waals surface area contributed by atoms with Gasteiger partial charge in [0.2, 0.25) is 0 Å². The standard InChI is InChI=1S/C17H21N7O/c1-12-19-16-14(4-3-9-24(16)21-12)20-13-6-10-23(11-7-13)17(25)15-5-8-18-22(15)2/h3-5,8-9,13,20H,6-7,10-11H2,1-2H3. The van der Waals surface area contributed by atoms with Crippen molar-refractivity contribution in [2.45, 2.75) is 25.8 Å². The second-order valence-corrected chi connectivity index (χ2v) is 6.40. The summed E-state index contributed by atoms with van der Waals surface area (Å²) >= 11 is 0. The predicted molar refractivity (Wildman–Crippen MR) is 93.5 cm³/mol. The van der Waals surface area contributed by atoms with Crippen molar-refractivity contribution in [1.29, 1.82) is 0 Å². The van der Waals surface area contributed by atoms with Crippen molar-refractivity contribution in [1.82, 2.24) is 29.3 Å². The van der Waals surface area contributed by atoms with Crippen molar-refractivity contribution >= 4 is 17.2 Å². The molecule has 1 saturated heterocycles. The molecule has 0 aliphatic carbocycles. The number of carbonyl (C=O) groups excluding carboxylic acids is 1. The summed E-state index contributed by atoms with van der Waals surface area (Å²) in [5, 5.41) is 12.0. The van der Waals surface area contributed by atoms with E-state index in [0.29, 0.717) is 11.7 Å². The van der Waals surface area contributed by atoms with Gasteiger partial charge in [0, 0.05) is 38.6 Å². The van der Waals surface area contributed by atoms with Crippen molar-refractivity contribution in [3.05, 3.63) is 42.1 Å². The summed E-state index contributed by atoms with van der Waals surface area (Å²) in [6.07, 6.45) is 5.36. The number of rotatable bonds is 3. The van der Waals surface area contributed by atoms with E-state index in [9.17, 15) is 4.79 Å². The van der Waals surface area contributed by atoms with E-state index < -0.39 is 0 Å². The lowest BCUT2D eigenvalue weighted by Crippen LogP contribution is -2.43. The molecule has 1 fully saturated rings. The third-order valence-electron chi connectivity index (χ3n) is 4.65. The van der Waals surface area contributed by atoms with Gasteiger partial charge < -0.3 is 10.2 Å². The van der Waals surface area contributed by atoms with Gasteiger partial charge in [-0.1, -0.05) is 0 Å². The van der Waals surface area contributed by atoms with Gasteiger partial charge >= 0.3 is 0 Å². The van der Waals surface area contributed by atoms with Crippen LogP contribution in [-0.2, 0) is 7.05 Å². The number of likely N-dealkylation sites (tertiary alicyclic amines) is 1. The third-order valence-corrected chi connectivity index (χ3v) is 4.65. The molecule has 130 valence electrons. The van der Waals surface area contributed by atoms with Crippen LogP contribution in [0.4, 0.5) is 5.69 Å². The number of hydrogen-bond acceptors (Lipinski definition) is 5. The van der Waals surface area contributed by atoms with Crippen LogP contribution in [-0.4, -0.2) is 54.3 Å². The minimum Gasteiger partial charge on any atom is -0.379 e. The Morgan fingerprint density at radius 3 is 2.80 bits per heavy atom. The zero-order valence-corrected chi connectivity index (χ0v) is 14.4. The average Bonchev–Trinajstić information content (AvgIpc) is 3.20. The topological polar surface area (TPSA) is 80.4 Å². The lowest BCUT2D eigenvalue weighted by molar-refractivity contribution is 0.0707. The van der Waals surface area contributed by atoms with Gasteiger partial charge in [-0.25, -0.2) is 9.50 Å². The van der Waals surface area contributed by atoms with Gasteiger partial charge in [-0.3, -0.25) is 9.48 Å². The predicted octanol–water partition coefficient (Wildman–Crippen LogP) is 1.49. The Balaban J connectivity index is 1.42. The maximum absolute atomic E-state index is 12.5. The van der Waals surface area contributed by atoms with E-state index in [2.05, 4.69) is 20.5 Å². The lowest BCUT2D eigenvalue weighted by Gasteiger charge is -2.32. The van der Waals surface area contributed by atoms with Gasteiger partial charge in [-0.15, -0.1) is 0 Å². The summed E-state index contributed by atoms with van der Waals surface area (Å²) < 4.78 is 3.42. The molecule has 0 aromatic carbocycles. The molecule has 8 heteroatoms. The number of piperidine rings is 1. The molecule has 0 radical (unpaired) electrons. The smallest absolute Gasteiger partial charge is 0.272 e. The highest BCUT2D eigenvalue weighted by atomic mass is 16.2. The minimum atomic E-state index is 0.0497. The summed E-state index contributed by atoms with van der Waals surface area (Å²) in [6.45, 7) is 3.35. The van der Waals surface area contributed by atoms with Crippen LogP contribution in [0.25, 0.3) is 5.65 Å². The number of nitrogens with one attached hydrogen (secondary N) is 1. The molecule has 0 saturated carbocycles. The normalized spacial score (nSPS) is 15.7. The van der Waals surface area contributed by atoms with E-state index in [1.165, 1.54) is 0 Å². The van der Waals surface area contributed by atoms with Gasteiger partial charge in [0.25, 0.3) is 5.91 Å². The van der Waals surface area contributed by atoms with Crippen LogP contribution in [0.15, 0.2) is 30.6 Å². The Hall–Kier alpha value is -2.90. The Labute approximate surface area is 145 Å². The number of aromatic nitrogens is 5. The zero-order valence-electron chi connectivity index (χ0n) is 14.4. The van der Waals surface area contributed by atoms with Gasteiger partial charge in [-0.05, 0) is 38.0 Å². The van der Waals surface area contributed by atoms with Crippen molar-refractivity contribution in [3.8, 4) is 0 Å². The van der Waals surface area contributed by atoms with E-state index in [1.807, 2.05) is 30.2 Å². The first-order chi connectivity index (χ1) is 12.1. The van der Waals surface area contributed by atoms with E-state index in [4.69, 9.17) is 0 Å². The minimum absolute atomic E-state index is 0.0497. The zero-order chi connectivity index (χ0) is 17.4. The summed E-state index contributed by atoms with van der Waals surface area (Å²) in [4.78, 5) is 18.9. The molecule has 25 heavy (non-hydrogen) atoms. The summed E-state index contributed by atoms with van der Waals surface area (Å²) in [5.41, 5.74) is 2.46. The van der Waals surface area contributed by atoms with Crippen LogP contribution in [0.2, 0.25) is 0 Å². The number of carbonyl (C=O) groups is 1. The van der Waals surface area contributed by atoms with Gasteiger partial charge in [-0.2, -0.15) is 10.2 Å². The quantitative estimate of drug-likeness (QED) is 0.782.